The zero-order chi connectivity index (χ0) is 22.6. The number of thioether (sulfide) groups is 1. The molecule has 0 saturated heterocycles. The topological polar surface area (TPSA) is 72.5 Å². The average molecular weight is 454 g/mol. The van der Waals surface area contributed by atoms with Crippen LogP contribution in [-0.2, 0) is 18.7 Å². The first kappa shape index (κ1) is 21.5. The van der Waals surface area contributed by atoms with Crippen molar-refractivity contribution in [1.29, 1.82) is 0 Å². The van der Waals surface area contributed by atoms with Crippen LogP contribution < -0.4 is 5.73 Å². The van der Waals surface area contributed by atoms with Gasteiger partial charge in [-0.3, -0.25) is 0 Å². The van der Waals surface area contributed by atoms with Crippen molar-refractivity contribution in [2.24, 2.45) is 5.73 Å². The van der Waals surface area contributed by atoms with Crippen LogP contribution in [0.3, 0.4) is 0 Å². The predicted molar refractivity (Wildman–Crippen MR) is 136 cm³/mol. The zero-order valence-electron chi connectivity index (χ0n) is 18.6. The van der Waals surface area contributed by atoms with Gasteiger partial charge in [-0.2, -0.15) is 0 Å². The van der Waals surface area contributed by atoms with Gasteiger partial charge in [0, 0.05) is 29.4 Å². The third kappa shape index (κ3) is 4.45. The van der Waals surface area contributed by atoms with Gasteiger partial charge < -0.3 is 15.3 Å². The largest absolute Gasteiger partial charge is 0.361 e. The number of aromatic nitrogens is 4. The SMILES string of the molecule is CCn1c(SCc2ccccc2-c2ccccc2)nnc1C(N)Cc1c[nH]c2ccccc12. The highest BCUT2D eigenvalue weighted by molar-refractivity contribution is 7.98. The second-order valence-electron chi connectivity index (χ2n) is 8.07. The van der Waals surface area contributed by atoms with Crippen LogP contribution in [0.15, 0.2) is 90.2 Å². The Balaban J connectivity index is 1.35. The van der Waals surface area contributed by atoms with Gasteiger partial charge in [-0.25, -0.2) is 0 Å². The molecule has 2 heterocycles. The van der Waals surface area contributed by atoms with Crippen molar-refractivity contribution < 1.29 is 0 Å². The summed E-state index contributed by atoms with van der Waals surface area (Å²) in [6.45, 7) is 2.90. The number of H-pyrrole nitrogens is 1. The van der Waals surface area contributed by atoms with Crippen LogP contribution in [0.1, 0.15) is 29.9 Å². The molecule has 2 aromatic heterocycles. The van der Waals surface area contributed by atoms with E-state index in [0.29, 0.717) is 6.42 Å². The first-order valence-corrected chi connectivity index (χ1v) is 12.2. The summed E-state index contributed by atoms with van der Waals surface area (Å²) in [5.41, 5.74) is 12.7. The molecule has 5 rings (SSSR count). The maximum atomic E-state index is 6.63. The van der Waals surface area contributed by atoms with E-state index in [-0.39, 0.29) is 6.04 Å². The molecule has 0 amide bonds. The Kier molecular flexibility index (Phi) is 6.28. The molecule has 0 aliphatic heterocycles. The van der Waals surface area contributed by atoms with E-state index in [9.17, 15) is 0 Å². The summed E-state index contributed by atoms with van der Waals surface area (Å²) in [6.07, 6.45) is 2.76. The monoisotopic (exact) mass is 453 g/mol. The van der Waals surface area contributed by atoms with Crippen molar-refractivity contribution in [1.82, 2.24) is 19.7 Å². The third-order valence-electron chi connectivity index (χ3n) is 5.97. The van der Waals surface area contributed by atoms with E-state index >= 15 is 0 Å². The molecule has 3 N–H and O–H groups in total. The number of hydrogen-bond acceptors (Lipinski definition) is 4. The number of benzene rings is 3. The minimum Gasteiger partial charge on any atom is -0.361 e. The number of nitrogens with two attached hydrogens (primary N) is 1. The number of hydrogen-bond donors (Lipinski definition) is 2. The molecule has 3 aromatic carbocycles. The highest BCUT2D eigenvalue weighted by atomic mass is 32.2. The van der Waals surface area contributed by atoms with Gasteiger partial charge in [-0.05, 0) is 41.7 Å². The molecular weight excluding hydrogens is 426 g/mol. The van der Waals surface area contributed by atoms with Crippen LogP contribution in [0.25, 0.3) is 22.0 Å². The van der Waals surface area contributed by atoms with Crippen LogP contribution >= 0.6 is 11.8 Å². The number of para-hydroxylation sites is 1. The summed E-state index contributed by atoms with van der Waals surface area (Å²) in [4.78, 5) is 3.33. The standard InChI is InChI=1S/C27H27N5S/c1-2-32-26(24(28)16-21-17-29-25-15-9-8-14-23(21)25)30-31-27(32)33-18-20-12-6-7-13-22(20)19-10-4-3-5-11-19/h3-15,17,24,29H,2,16,18,28H2,1H3. The van der Waals surface area contributed by atoms with Gasteiger partial charge in [-0.15, -0.1) is 10.2 Å². The van der Waals surface area contributed by atoms with Crippen LogP contribution in [0.4, 0.5) is 0 Å². The summed E-state index contributed by atoms with van der Waals surface area (Å²) in [5.74, 6) is 1.66. The fraction of sp³-hybridized carbons (Fsp3) is 0.185. The van der Waals surface area contributed by atoms with Gasteiger partial charge in [0.05, 0.1) is 6.04 Å². The Morgan fingerprint density at radius 2 is 1.67 bits per heavy atom. The molecule has 6 heteroatoms. The Morgan fingerprint density at radius 3 is 2.52 bits per heavy atom. The lowest BCUT2D eigenvalue weighted by Gasteiger charge is -2.14. The smallest absolute Gasteiger partial charge is 0.191 e. The van der Waals surface area contributed by atoms with E-state index in [1.807, 2.05) is 18.3 Å². The van der Waals surface area contributed by atoms with E-state index in [1.54, 1.807) is 11.8 Å². The number of rotatable bonds is 8. The minimum atomic E-state index is -0.220. The predicted octanol–water partition coefficient (Wildman–Crippen LogP) is 5.98. The van der Waals surface area contributed by atoms with Crippen molar-refractivity contribution in [2.45, 2.75) is 36.8 Å². The van der Waals surface area contributed by atoms with Gasteiger partial charge in [0.1, 0.15) is 0 Å². The van der Waals surface area contributed by atoms with E-state index in [4.69, 9.17) is 5.73 Å². The fourth-order valence-corrected chi connectivity index (χ4v) is 5.31. The maximum absolute atomic E-state index is 6.63. The van der Waals surface area contributed by atoms with Gasteiger partial charge in [0.2, 0.25) is 0 Å². The quantitative estimate of drug-likeness (QED) is 0.283. The second-order valence-corrected chi connectivity index (χ2v) is 9.01. The van der Waals surface area contributed by atoms with Crippen LogP contribution in [0.2, 0.25) is 0 Å². The summed E-state index contributed by atoms with van der Waals surface area (Å²) in [5, 5.41) is 11.1. The highest BCUT2D eigenvalue weighted by Crippen LogP contribution is 2.30. The molecule has 0 aliphatic rings. The van der Waals surface area contributed by atoms with E-state index in [1.165, 1.54) is 27.6 Å². The molecule has 1 atom stereocenters. The minimum absolute atomic E-state index is 0.220. The molecule has 0 radical (unpaired) electrons. The molecule has 1 unspecified atom stereocenters. The second kappa shape index (κ2) is 9.65. The molecule has 0 fully saturated rings. The lowest BCUT2D eigenvalue weighted by Crippen LogP contribution is -2.19. The van der Waals surface area contributed by atoms with Crippen LogP contribution in [-0.4, -0.2) is 19.7 Å². The molecule has 166 valence electrons. The average Bonchev–Trinajstić information content (AvgIpc) is 3.47. The molecular formula is C27H27N5S. The number of nitrogens with one attached hydrogen (secondary N) is 1. The van der Waals surface area contributed by atoms with Crippen molar-refractivity contribution in [2.75, 3.05) is 0 Å². The third-order valence-corrected chi connectivity index (χ3v) is 6.98. The maximum Gasteiger partial charge on any atom is 0.191 e. The summed E-state index contributed by atoms with van der Waals surface area (Å²) in [6, 6.07) is 27.1. The highest BCUT2D eigenvalue weighted by Gasteiger charge is 2.20. The Bertz CT molecular complexity index is 1360. The summed E-state index contributed by atoms with van der Waals surface area (Å²) < 4.78 is 2.15. The Morgan fingerprint density at radius 1 is 0.909 bits per heavy atom. The lowest BCUT2D eigenvalue weighted by molar-refractivity contribution is 0.577. The first-order valence-electron chi connectivity index (χ1n) is 11.2. The van der Waals surface area contributed by atoms with Crippen molar-refractivity contribution in [3.05, 3.63) is 102 Å². The number of fused-ring (bicyclic) bond motifs is 1. The Labute approximate surface area is 198 Å². The first-order chi connectivity index (χ1) is 16.2. The molecule has 0 spiro atoms. The van der Waals surface area contributed by atoms with E-state index in [2.05, 4.69) is 93.4 Å². The fourth-order valence-electron chi connectivity index (χ4n) is 4.29. The van der Waals surface area contributed by atoms with E-state index < -0.39 is 0 Å². The van der Waals surface area contributed by atoms with Crippen molar-refractivity contribution in [3.8, 4) is 11.1 Å². The molecule has 0 bridgehead atoms. The van der Waals surface area contributed by atoms with E-state index in [0.717, 1.165) is 28.8 Å². The van der Waals surface area contributed by atoms with Crippen LogP contribution in [0, 0.1) is 0 Å². The zero-order valence-corrected chi connectivity index (χ0v) is 19.4. The molecule has 0 saturated carbocycles. The number of nitrogens with zero attached hydrogens (tertiary/aromatic N) is 3. The van der Waals surface area contributed by atoms with Gasteiger partial charge >= 0.3 is 0 Å². The number of aromatic amines is 1. The molecule has 5 aromatic rings. The molecule has 33 heavy (non-hydrogen) atoms. The summed E-state index contributed by atoms with van der Waals surface area (Å²) >= 11 is 1.71. The normalized spacial score (nSPS) is 12.3. The summed E-state index contributed by atoms with van der Waals surface area (Å²) in [7, 11) is 0. The van der Waals surface area contributed by atoms with Gasteiger partial charge in [-0.1, -0.05) is 84.6 Å². The Hall–Kier alpha value is -3.35. The van der Waals surface area contributed by atoms with Crippen molar-refractivity contribution >= 4 is 22.7 Å². The molecule has 5 nitrogen and oxygen atoms in total. The molecule has 0 aliphatic carbocycles. The van der Waals surface area contributed by atoms with Gasteiger partial charge in [0.15, 0.2) is 11.0 Å². The van der Waals surface area contributed by atoms with Crippen LogP contribution in [0.5, 0.6) is 0 Å². The van der Waals surface area contributed by atoms with Gasteiger partial charge in [0.25, 0.3) is 0 Å². The van der Waals surface area contributed by atoms with Crippen molar-refractivity contribution in [3.63, 3.8) is 0 Å². The lowest BCUT2D eigenvalue weighted by atomic mass is 10.0.